The molecule has 1 aliphatic rings. The molecule has 2 aromatic carbocycles. The molecule has 1 heterocycles. The van der Waals surface area contributed by atoms with E-state index in [1.54, 1.807) is 0 Å². The van der Waals surface area contributed by atoms with Crippen LogP contribution < -0.4 is 20.7 Å². The smallest absolute Gasteiger partial charge is 0.417 e. The predicted molar refractivity (Wildman–Crippen MR) is 121 cm³/mol. The maximum Gasteiger partial charge on any atom is 0.417 e. The van der Waals surface area contributed by atoms with E-state index in [2.05, 4.69) is 20.9 Å². The first-order valence-electron chi connectivity index (χ1n) is 10.6. The van der Waals surface area contributed by atoms with Crippen molar-refractivity contribution in [3.05, 3.63) is 71.7 Å². The Labute approximate surface area is 201 Å². The molecule has 1 saturated carbocycles. The van der Waals surface area contributed by atoms with Crippen molar-refractivity contribution in [2.45, 2.75) is 19.0 Å². The number of nitrogens with one attached hydrogen (secondary N) is 3. The van der Waals surface area contributed by atoms with Crippen LogP contribution in [0.1, 0.15) is 24.0 Å². The SMILES string of the molecule is N#Cc1ccc(NC(=O)Nc2ccc(Oc3ccnc(NC(=O)C4CC4)c3)c(F)c2)cc1C(F)(F)F. The molecule has 1 aliphatic carbocycles. The molecular weight excluding hydrogens is 482 g/mol. The van der Waals surface area contributed by atoms with Gasteiger partial charge in [0.15, 0.2) is 11.6 Å². The Bertz CT molecular complexity index is 1370. The van der Waals surface area contributed by atoms with Gasteiger partial charge in [0.05, 0.1) is 17.2 Å². The highest BCUT2D eigenvalue weighted by Gasteiger charge is 2.34. The zero-order chi connectivity index (χ0) is 25.9. The summed E-state index contributed by atoms with van der Waals surface area (Å²) in [6.45, 7) is 0. The maximum atomic E-state index is 14.6. The van der Waals surface area contributed by atoms with Gasteiger partial charge in [-0.15, -0.1) is 0 Å². The first-order valence-corrected chi connectivity index (χ1v) is 10.6. The molecule has 0 saturated heterocycles. The average Bonchev–Trinajstić information content (AvgIpc) is 3.66. The zero-order valence-corrected chi connectivity index (χ0v) is 18.3. The highest BCUT2D eigenvalue weighted by molar-refractivity contribution is 6.00. The van der Waals surface area contributed by atoms with Crippen LogP contribution >= 0.6 is 0 Å². The number of nitriles is 1. The number of halogens is 4. The Morgan fingerprint density at radius 3 is 2.33 bits per heavy atom. The number of nitrogens with zero attached hydrogens (tertiary/aromatic N) is 2. The van der Waals surface area contributed by atoms with Gasteiger partial charge >= 0.3 is 12.2 Å². The lowest BCUT2D eigenvalue weighted by atomic mass is 10.1. The summed E-state index contributed by atoms with van der Waals surface area (Å²) in [7, 11) is 0. The summed E-state index contributed by atoms with van der Waals surface area (Å²) in [6, 6.07) is 9.67. The minimum Gasteiger partial charge on any atom is -0.454 e. The van der Waals surface area contributed by atoms with E-state index in [4.69, 9.17) is 10.00 Å². The van der Waals surface area contributed by atoms with Gasteiger partial charge in [-0.25, -0.2) is 14.2 Å². The molecule has 0 bridgehead atoms. The van der Waals surface area contributed by atoms with E-state index in [0.29, 0.717) is 6.07 Å². The number of benzene rings is 2. The maximum absolute atomic E-state index is 14.6. The van der Waals surface area contributed by atoms with Crippen LogP contribution in [0.3, 0.4) is 0 Å². The second-order valence-corrected chi connectivity index (χ2v) is 7.84. The Balaban J connectivity index is 1.40. The van der Waals surface area contributed by atoms with Crippen molar-refractivity contribution in [2.75, 3.05) is 16.0 Å². The molecule has 0 radical (unpaired) electrons. The molecule has 8 nitrogen and oxygen atoms in total. The first kappa shape index (κ1) is 24.5. The largest absolute Gasteiger partial charge is 0.454 e. The Morgan fingerprint density at radius 1 is 1.00 bits per heavy atom. The van der Waals surface area contributed by atoms with Gasteiger partial charge in [0, 0.05) is 35.6 Å². The van der Waals surface area contributed by atoms with Crippen LogP contribution in [0, 0.1) is 23.1 Å². The molecule has 0 aliphatic heterocycles. The third kappa shape index (κ3) is 6.06. The third-order valence-corrected chi connectivity index (χ3v) is 5.05. The van der Waals surface area contributed by atoms with Crippen LogP contribution in [0.4, 0.5) is 39.5 Å². The fourth-order valence-corrected chi connectivity index (χ4v) is 3.15. The van der Waals surface area contributed by atoms with Crippen molar-refractivity contribution in [2.24, 2.45) is 5.92 Å². The summed E-state index contributed by atoms with van der Waals surface area (Å²) >= 11 is 0. The standard InChI is InChI=1S/C24H17F4N5O3/c25-19-10-16(32-23(35)31-15-4-3-14(12-29)18(9-15)24(26,27)28)5-6-20(19)36-17-7-8-30-21(11-17)33-22(34)13-1-2-13/h3-11,13H,1-2H2,(H,30,33,34)(H2,31,32,35). The Hall–Kier alpha value is -4.66. The second kappa shape index (κ2) is 9.91. The molecule has 0 spiro atoms. The summed E-state index contributed by atoms with van der Waals surface area (Å²) in [4.78, 5) is 28.1. The van der Waals surface area contributed by atoms with E-state index < -0.39 is 29.2 Å². The van der Waals surface area contributed by atoms with Crippen molar-refractivity contribution in [3.63, 3.8) is 0 Å². The lowest BCUT2D eigenvalue weighted by molar-refractivity contribution is -0.137. The highest BCUT2D eigenvalue weighted by Crippen LogP contribution is 2.34. The van der Waals surface area contributed by atoms with E-state index in [9.17, 15) is 27.2 Å². The van der Waals surface area contributed by atoms with E-state index >= 15 is 0 Å². The van der Waals surface area contributed by atoms with E-state index in [1.807, 2.05) is 0 Å². The average molecular weight is 499 g/mol. The van der Waals surface area contributed by atoms with Crippen molar-refractivity contribution in [1.82, 2.24) is 4.98 Å². The van der Waals surface area contributed by atoms with Crippen LogP contribution in [0.25, 0.3) is 0 Å². The topological polar surface area (TPSA) is 116 Å². The third-order valence-electron chi connectivity index (χ3n) is 5.05. The van der Waals surface area contributed by atoms with Crippen molar-refractivity contribution >= 4 is 29.1 Å². The quantitative estimate of drug-likeness (QED) is 0.366. The summed E-state index contributed by atoms with van der Waals surface area (Å²) in [6.07, 6.45) is -1.73. The second-order valence-electron chi connectivity index (χ2n) is 7.84. The number of urea groups is 1. The minimum absolute atomic E-state index is 0.00848. The van der Waals surface area contributed by atoms with Gasteiger partial charge in [-0.1, -0.05) is 0 Å². The van der Waals surface area contributed by atoms with E-state index in [-0.39, 0.29) is 40.5 Å². The summed E-state index contributed by atoms with van der Waals surface area (Å²) in [5.74, 6) is -0.685. The molecule has 36 heavy (non-hydrogen) atoms. The van der Waals surface area contributed by atoms with Crippen LogP contribution in [-0.4, -0.2) is 16.9 Å². The molecule has 3 amide bonds. The molecule has 184 valence electrons. The molecule has 1 aromatic heterocycles. The minimum atomic E-state index is -4.78. The molecular formula is C24H17F4N5O3. The number of pyridine rings is 1. The summed E-state index contributed by atoms with van der Waals surface area (Å²) in [5.41, 5.74) is -1.98. The first-order chi connectivity index (χ1) is 17.1. The summed E-state index contributed by atoms with van der Waals surface area (Å²) in [5, 5.41) is 16.0. The number of aromatic nitrogens is 1. The lowest BCUT2D eigenvalue weighted by Crippen LogP contribution is -2.20. The molecule has 1 fully saturated rings. The van der Waals surface area contributed by atoms with Gasteiger partial charge in [0.2, 0.25) is 5.91 Å². The number of ether oxygens (including phenoxy) is 1. The monoisotopic (exact) mass is 499 g/mol. The number of hydrogen-bond donors (Lipinski definition) is 3. The molecule has 0 atom stereocenters. The number of rotatable bonds is 6. The number of carbonyl (C=O) groups is 2. The number of amides is 3. The molecule has 3 N–H and O–H groups in total. The van der Waals surface area contributed by atoms with Crippen molar-refractivity contribution < 1.29 is 31.9 Å². The number of hydrogen-bond acceptors (Lipinski definition) is 5. The Kier molecular flexibility index (Phi) is 6.73. The Morgan fingerprint density at radius 2 is 1.69 bits per heavy atom. The lowest BCUT2D eigenvalue weighted by Gasteiger charge is -2.13. The van der Waals surface area contributed by atoms with Gasteiger partial charge in [-0.3, -0.25) is 4.79 Å². The van der Waals surface area contributed by atoms with Crippen LogP contribution in [0.15, 0.2) is 54.7 Å². The van der Waals surface area contributed by atoms with Gasteiger partial charge < -0.3 is 20.7 Å². The molecule has 4 rings (SSSR count). The van der Waals surface area contributed by atoms with E-state index in [0.717, 1.165) is 31.0 Å². The van der Waals surface area contributed by atoms with Gasteiger partial charge in [0.1, 0.15) is 11.6 Å². The van der Waals surface area contributed by atoms with Crippen molar-refractivity contribution in [1.29, 1.82) is 5.26 Å². The van der Waals surface area contributed by atoms with Gasteiger partial charge in [0.25, 0.3) is 0 Å². The fourth-order valence-electron chi connectivity index (χ4n) is 3.15. The molecule has 3 aromatic rings. The normalized spacial score (nSPS) is 12.9. The van der Waals surface area contributed by atoms with Gasteiger partial charge in [-0.05, 0) is 49.2 Å². The van der Waals surface area contributed by atoms with Crippen LogP contribution in [-0.2, 0) is 11.0 Å². The fraction of sp³-hybridized carbons (Fsp3) is 0.167. The van der Waals surface area contributed by atoms with Crippen molar-refractivity contribution in [3.8, 4) is 17.6 Å². The zero-order valence-electron chi connectivity index (χ0n) is 18.3. The summed E-state index contributed by atoms with van der Waals surface area (Å²) < 4.78 is 59.4. The van der Waals surface area contributed by atoms with Crippen LogP contribution in [0.2, 0.25) is 0 Å². The van der Waals surface area contributed by atoms with Gasteiger partial charge in [-0.2, -0.15) is 18.4 Å². The van der Waals surface area contributed by atoms with E-state index in [1.165, 1.54) is 36.5 Å². The number of alkyl halides is 3. The molecule has 12 heteroatoms. The number of anilines is 3. The number of carbonyl (C=O) groups excluding carboxylic acids is 2. The predicted octanol–water partition coefficient (Wildman–Crippen LogP) is 5.90. The molecule has 0 unspecified atom stereocenters. The van der Waals surface area contributed by atoms with Crippen LogP contribution in [0.5, 0.6) is 11.5 Å². The highest BCUT2D eigenvalue weighted by atomic mass is 19.4.